The zero-order valence-electron chi connectivity index (χ0n) is 14.0. The Hall–Kier alpha value is -1.88. The maximum Gasteiger partial charge on any atom is 0.131 e. The summed E-state index contributed by atoms with van der Waals surface area (Å²) in [5, 5.41) is 3.40. The SMILES string of the molecule is c1cc2c(c(-c3ccc(CN4CCOCC4)cc3)c1)OCCNC2. The fraction of sp³-hybridized carbons (Fsp3) is 0.400. The van der Waals surface area contributed by atoms with Crippen molar-refractivity contribution >= 4 is 0 Å². The minimum atomic E-state index is 0.721. The van der Waals surface area contributed by atoms with Crippen molar-refractivity contribution in [1.82, 2.24) is 10.2 Å². The van der Waals surface area contributed by atoms with E-state index in [1.165, 1.54) is 22.3 Å². The molecule has 2 heterocycles. The van der Waals surface area contributed by atoms with Gasteiger partial charge in [0.1, 0.15) is 12.4 Å². The molecule has 0 amide bonds. The Morgan fingerprint density at radius 1 is 0.958 bits per heavy atom. The molecule has 1 fully saturated rings. The Morgan fingerprint density at radius 2 is 1.79 bits per heavy atom. The number of hydrogen-bond donors (Lipinski definition) is 1. The standard InChI is InChI=1S/C20H24N2O2/c1-2-18-14-21-8-11-24-20(18)19(3-1)17-6-4-16(5-7-17)15-22-9-12-23-13-10-22/h1-7,21H,8-15H2. The molecule has 1 saturated heterocycles. The summed E-state index contributed by atoms with van der Waals surface area (Å²) in [5.74, 6) is 1.03. The highest BCUT2D eigenvalue weighted by Crippen LogP contribution is 2.34. The minimum Gasteiger partial charge on any atom is -0.491 e. The van der Waals surface area contributed by atoms with Crippen molar-refractivity contribution in [2.45, 2.75) is 13.1 Å². The van der Waals surface area contributed by atoms with Crippen molar-refractivity contribution in [3.8, 4) is 16.9 Å². The lowest BCUT2D eigenvalue weighted by Gasteiger charge is -2.26. The number of morpholine rings is 1. The third kappa shape index (κ3) is 3.46. The molecule has 2 aliphatic rings. The van der Waals surface area contributed by atoms with Crippen LogP contribution in [0.15, 0.2) is 42.5 Å². The topological polar surface area (TPSA) is 33.7 Å². The number of hydrogen-bond acceptors (Lipinski definition) is 4. The Morgan fingerprint density at radius 3 is 2.62 bits per heavy atom. The lowest BCUT2D eigenvalue weighted by atomic mass is 10.00. The van der Waals surface area contributed by atoms with E-state index in [-0.39, 0.29) is 0 Å². The first-order valence-corrected chi connectivity index (χ1v) is 8.75. The summed E-state index contributed by atoms with van der Waals surface area (Å²) in [7, 11) is 0. The molecule has 1 N–H and O–H groups in total. The molecule has 0 aliphatic carbocycles. The van der Waals surface area contributed by atoms with Gasteiger partial charge in [-0.1, -0.05) is 42.5 Å². The number of nitrogens with one attached hydrogen (secondary N) is 1. The van der Waals surface area contributed by atoms with Crippen molar-refractivity contribution in [2.75, 3.05) is 39.5 Å². The second-order valence-corrected chi connectivity index (χ2v) is 6.40. The second kappa shape index (κ2) is 7.34. The predicted molar refractivity (Wildman–Crippen MR) is 95.2 cm³/mol. The van der Waals surface area contributed by atoms with Gasteiger partial charge in [-0.15, -0.1) is 0 Å². The molecule has 126 valence electrons. The molecule has 4 heteroatoms. The summed E-state index contributed by atoms with van der Waals surface area (Å²) in [6.07, 6.45) is 0. The van der Waals surface area contributed by atoms with Gasteiger partial charge in [0.25, 0.3) is 0 Å². The van der Waals surface area contributed by atoms with E-state index >= 15 is 0 Å². The number of ether oxygens (including phenoxy) is 2. The van der Waals surface area contributed by atoms with Gasteiger partial charge in [-0.05, 0) is 11.1 Å². The maximum atomic E-state index is 6.00. The van der Waals surface area contributed by atoms with Crippen molar-refractivity contribution in [3.05, 3.63) is 53.6 Å². The van der Waals surface area contributed by atoms with Crippen molar-refractivity contribution in [2.24, 2.45) is 0 Å². The predicted octanol–water partition coefficient (Wildman–Crippen LogP) is 2.67. The van der Waals surface area contributed by atoms with E-state index in [1.807, 2.05) is 0 Å². The molecular weight excluding hydrogens is 300 g/mol. The molecule has 0 atom stereocenters. The lowest BCUT2D eigenvalue weighted by molar-refractivity contribution is 0.0342. The van der Waals surface area contributed by atoms with Gasteiger partial charge in [-0.3, -0.25) is 4.90 Å². The molecule has 2 aromatic carbocycles. The molecular formula is C20H24N2O2. The molecule has 4 nitrogen and oxygen atoms in total. The number of nitrogens with zero attached hydrogens (tertiary/aromatic N) is 1. The first kappa shape index (κ1) is 15.6. The van der Waals surface area contributed by atoms with Crippen molar-refractivity contribution in [3.63, 3.8) is 0 Å². The molecule has 0 aromatic heterocycles. The fourth-order valence-corrected chi connectivity index (χ4v) is 3.38. The van der Waals surface area contributed by atoms with Crippen LogP contribution in [0.25, 0.3) is 11.1 Å². The highest BCUT2D eigenvalue weighted by Gasteiger charge is 2.15. The van der Waals surface area contributed by atoms with E-state index in [4.69, 9.17) is 9.47 Å². The van der Waals surface area contributed by atoms with E-state index in [0.29, 0.717) is 0 Å². The van der Waals surface area contributed by atoms with E-state index in [0.717, 1.165) is 58.3 Å². The Bertz CT molecular complexity index is 679. The molecule has 0 bridgehead atoms. The summed E-state index contributed by atoms with van der Waals surface area (Å²) >= 11 is 0. The Kier molecular flexibility index (Phi) is 4.78. The number of para-hydroxylation sites is 1. The highest BCUT2D eigenvalue weighted by atomic mass is 16.5. The molecule has 0 unspecified atom stereocenters. The third-order valence-electron chi connectivity index (χ3n) is 4.71. The van der Waals surface area contributed by atoms with Gasteiger partial charge in [0.15, 0.2) is 0 Å². The van der Waals surface area contributed by atoms with Gasteiger partial charge in [0.05, 0.1) is 13.2 Å². The summed E-state index contributed by atoms with van der Waals surface area (Å²) in [5.41, 5.74) is 5.00. The number of benzene rings is 2. The second-order valence-electron chi connectivity index (χ2n) is 6.40. The number of rotatable bonds is 3. The monoisotopic (exact) mass is 324 g/mol. The lowest BCUT2D eigenvalue weighted by Crippen LogP contribution is -2.35. The van der Waals surface area contributed by atoms with Gasteiger partial charge >= 0.3 is 0 Å². The summed E-state index contributed by atoms with van der Waals surface area (Å²) in [6, 6.07) is 15.3. The minimum absolute atomic E-state index is 0.721. The van der Waals surface area contributed by atoms with Crippen molar-refractivity contribution < 1.29 is 9.47 Å². The van der Waals surface area contributed by atoms with Gasteiger partial charge in [-0.25, -0.2) is 0 Å². The zero-order chi connectivity index (χ0) is 16.2. The van der Waals surface area contributed by atoms with E-state index in [2.05, 4.69) is 52.7 Å². The fourth-order valence-electron chi connectivity index (χ4n) is 3.38. The average molecular weight is 324 g/mol. The van der Waals surface area contributed by atoms with Crippen LogP contribution in [-0.4, -0.2) is 44.4 Å². The van der Waals surface area contributed by atoms with Crippen LogP contribution in [0.2, 0.25) is 0 Å². The van der Waals surface area contributed by atoms with E-state index in [1.54, 1.807) is 0 Å². The zero-order valence-corrected chi connectivity index (χ0v) is 14.0. The first-order valence-electron chi connectivity index (χ1n) is 8.75. The summed E-state index contributed by atoms with van der Waals surface area (Å²) < 4.78 is 11.4. The molecule has 2 aromatic rings. The van der Waals surface area contributed by atoms with Crippen LogP contribution in [0, 0.1) is 0 Å². The average Bonchev–Trinajstić information content (AvgIpc) is 2.89. The Balaban J connectivity index is 1.54. The quantitative estimate of drug-likeness (QED) is 0.941. The van der Waals surface area contributed by atoms with Gasteiger partial charge in [0, 0.05) is 43.9 Å². The van der Waals surface area contributed by atoms with Crippen molar-refractivity contribution in [1.29, 1.82) is 0 Å². The van der Waals surface area contributed by atoms with E-state index < -0.39 is 0 Å². The molecule has 0 radical (unpaired) electrons. The van der Waals surface area contributed by atoms with Crippen LogP contribution in [0.5, 0.6) is 5.75 Å². The normalized spacial score (nSPS) is 18.5. The van der Waals surface area contributed by atoms with Crippen LogP contribution in [0.3, 0.4) is 0 Å². The maximum absolute atomic E-state index is 6.00. The summed E-state index contributed by atoms with van der Waals surface area (Å²) in [4.78, 5) is 2.45. The van der Waals surface area contributed by atoms with Crippen LogP contribution in [0.1, 0.15) is 11.1 Å². The highest BCUT2D eigenvalue weighted by molar-refractivity contribution is 5.72. The molecule has 0 saturated carbocycles. The molecule has 4 rings (SSSR count). The third-order valence-corrected chi connectivity index (χ3v) is 4.71. The summed E-state index contributed by atoms with van der Waals surface area (Å²) in [6.45, 7) is 7.23. The van der Waals surface area contributed by atoms with Crippen LogP contribution >= 0.6 is 0 Å². The molecule has 2 aliphatic heterocycles. The van der Waals surface area contributed by atoms with Crippen LogP contribution in [-0.2, 0) is 17.8 Å². The van der Waals surface area contributed by atoms with Crippen LogP contribution in [0.4, 0.5) is 0 Å². The van der Waals surface area contributed by atoms with Gasteiger partial charge in [0.2, 0.25) is 0 Å². The largest absolute Gasteiger partial charge is 0.491 e. The van der Waals surface area contributed by atoms with Crippen LogP contribution < -0.4 is 10.1 Å². The van der Waals surface area contributed by atoms with Gasteiger partial charge in [-0.2, -0.15) is 0 Å². The van der Waals surface area contributed by atoms with Gasteiger partial charge < -0.3 is 14.8 Å². The first-order chi connectivity index (χ1) is 11.9. The smallest absolute Gasteiger partial charge is 0.131 e. The number of fused-ring (bicyclic) bond motifs is 1. The van der Waals surface area contributed by atoms with E-state index in [9.17, 15) is 0 Å². The molecule has 0 spiro atoms. The molecule has 24 heavy (non-hydrogen) atoms. The Labute approximate surface area is 143 Å².